The molecule has 0 saturated carbocycles. The van der Waals surface area contributed by atoms with Crippen LogP contribution in [0.1, 0.15) is 15.9 Å². The zero-order valence-electron chi connectivity index (χ0n) is 15.3. The number of benzene rings is 2. The number of carbonyl (C=O) groups is 1. The summed E-state index contributed by atoms with van der Waals surface area (Å²) in [6.07, 6.45) is 3.44. The number of hydrogen-bond donors (Lipinski definition) is 0. The quantitative estimate of drug-likeness (QED) is 0.482. The molecule has 0 fully saturated rings. The second-order valence-corrected chi connectivity index (χ2v) is 7.04. The molecular weight excluding hydrogens is 370 g/mol. The third-order valence-corrected chi connectivity index (χ3v) is 4.81. The number of carbonyl (C=O) groups excluding carboxylic acids is 1. The molecule has 0 unspecified atom stereocenters. The largest absolute Gasteiger partial charge is 0.337 e. The molecule has 0 radical (unpaired) electrons. The highest BCUT2D eigenvalue weighted by Gasteiger charge is 2.17. The van der Waals surface area contributed by atoms with Crippen molar-refractivity contribution in [3.8, 4) is 11.3 Å². The number of nitrogens with zero attached hydrogens (tertiary/aromatic N) is 3. The van der Waals surface area contributed by atoms with Crippen molar-refractivity contribution in [1.29, 1.82) is 0 Å². The Bertz CT molecular complexity index is 1140. The van der Waals surface area contributed by atoms with Gasteiger partial charge in [-0.05, 0) is 42.0 Å². The SMILES string of the molecule is CN(Cc1cccc(Cl)c1)C(=O)c1cc(-c2ccncc2)nc2ccccc12. The van der Waals surface area contributed by atoms with Gasteiger partial charge in [-0.2, -0.15) is 0 Å². The summed E-state index contributed by atoms with van der Waals surface area (Å²) in [4.78, 5) is 23.8. The standard InChI is InChI=1S/C23H18ClN3O/c1-27(15-16-5-4-6-18(24)13-16)23(28)20-14-22(17-9-11-25-12-10-17)26-21-8-3-2-7-19(20)21/h2-14H,15H2,1H3. The van der Waals surface area contributed by atoms with Crippen LogP contribution in [-0.2, 0) is 6.54 Å². The van der Waals surface area contributed by atoms with Crippen LogP contribution in [0.15, 0.2) is 79.1 Å². The molecule has 2 aromatic carbocycles. The average molecular weight is 388 g/mol. The Labute approximate surface area is 168 Å². The Morgan fingerprint density at radius 1 is 1.00 bits per heavy atom. The number of rotatable bonds is 4. The number of aromatic nitrogens is 2. The molecule has 4 aromatic rings. The Morgan fingerprint density at radius 3 is 2.57 bits per heavy atom. The third kappa shape index (κ3) is 3.73. The van der Waals surface area contributed by atoms with E-state index in [1.165, 1.54) is 0 Å². The summed E-state index contributed by atoms with van der Waals surface area (Å²) in [5.41, 5.74) is 4.07. The van der Waals surface area contributed by atoms with Crippen LogP contribution in [-0.4, -0.2) is 27.8 Å². The molecular formula is C23H18ClN3O. The Kier molecular flexibility index (Phi) is 5.04. The van der Waals surface area contributed by atoms with Gasteiger partial charge in [-0.15, -0.1) is 0 Å². The van der Waals surface area contributed by atoms with Gasteiger partial charge in [0.1, 0.15) is 0 Å². The van der Waals surface area contributed by atoms with Gasteiger partial charge in [-0.1, -0.05) is 41.9 Å². The molecule has 138 valence electrons. The highest BCUT2D eigenvalue weighted by molar-refractivity contribution is 6.30. The fourth-order valence-corrected chi connectivity index (χ4v) is 3.42. The highest BCUT2D eigenvalue weighted by atomic mass is 35.5. The van der Waals surface area contributed by atoms with E-state index in [9.17, 15) is 4.79 Å². The number of halogens is 1. The third-order valence-electron chi connectivity index (χ3n) is 4.58. The summed E-state index contributed by atoms with van der Waals surface area (Å²) in [7, 11) is 1.80. The van der Waals surface area contributed by atoms with Crippen LogP contribution in [0.5, 0.6) is 0 Å². The zero-order chi connectivity index (χ0) is 19.5. The van der Waals surface area contributed by atoms with Crippen molar-refractivity contribution in [1.82, 2.24) is 14.9 Å². The molecule has 2 heterocycles. The van der Waals surface area contributed by atoms with Crippen LogP contribution >= 0.6 is 11.6 Å². The second kappa shape index (κ2) is 7.79. The van der Waals surface area contributed by atoms with E-state index in [1.807, 2.05) is 66.7 Å². The van der Waals surface area contributed by atoms with E-state index < -0.39 is 0 Å². The van der Waals surface area contributed by atoms with Gasteiger partial charge < -0.3 is 4.90 Å². The minimum atomic E-state index is -0.0612. The topological polar surface area (TPSA) is 46.1 Å². The fraction of sp³-hybridized carbons (Fsp3) is 0.0870. The van der Waals surface area contributed by atoms with Crippen molar-refractivity contribution in [2.24, 2.45) is 0 Å². The van der Waals surface area contributed by atoms with Gasteiger partial charge in [0.15, 0.2) is 0 Å². The first-order valence-corrected chi connectivity index (χ1v) is 9.30. The molecule has 0 saturated heterocycles. The van der Waals surface area contributed by atoms with Crippen molar-refractivity contribution in [3.63, 3.8) is 0 Å². The van der Waals surface area contributed by atoms with Crippen LogP contribution in [0.25, 0.3) is 22.2 Å². The molecule has 4 nitrogen and oxygen atoms in total. The molecule has 0 aliphatic carbocycles. The van der Waals surface area contributed by atoms with Gasteiger partial charge in [0.25, 0.3) is 5.91 Å². The fourth-order valence-electron chi connectivity index (χ4n) is 3.21. The van der Waals surface area contributed by atoms with Crippen molar-refractivity contribution in [3.05, 3.63) is 95.3 Å². The summed E-state index contributed by atoms with van der Waals surface area (Å²) in [5.74, 6) is -0.0612. The predicted octanol–water partition coefficient (Wildman–Crippen LogP) is 5.22. The average Bonchev–Trinajstić information content (AvgIpc) is 2.73. The van der Waals surface area contributed by atoms with E-state index in [4.69, 9.17) is 16.6 Å². The first-order valence-electron chi connectivity index (χ1n) is 8.92. The monoisotopic (exact) mass is 387 g/mol. The van der Waals surface area contributed by atoms with Crippen molar-refractivity contribution in [2.45, 2.75) is 6.54 Å². The lowest BCUT2D eigenvalue weighted by atomic mass is 10.0. The lowest BCUT2D eigenvalue weighted by molar-refractivity contribution is 0.0787. The number of pyridine rings is 2. The minimum absolute atomic E-state index is 0.0612. The first-order chi connectivity index (χ1) is 13.6. The van der Waals surface area contributed by atoms with Crippen molar-refractivity contribution < 1.29 is 4.79 Å². The molecule has 1 amide bonds. The summed E-state index contributed by atoms with van der Waals surface area (Å²) < 4.78 is 0. The summed E-state index contributed by atoms with van der Waals surface area (Å²) in [5, 5.41) is 1.50. The van der Waals surface area contributed by atoms with E-state index in [1.54, 1.807) is 24.3 Å². The highest BCUT2D eigenvalue weighted by Crippen LogP contribution is 2.26. The summed E-state index contributed by atoms with van der Waals surface area (Å²) in [6, 6.07) is 20.9. The van der Waals surface area contributed by atoms with Crippen molar-refractivity contribution in [2.75, 3.05) is 7.05 Å². The van der Waals surface area contributed by atoms with Crippen LogP contribution in [0.2, 0.25) is 5.02 Å². The van der Waals surface area contributed by atoms with Crippen LogP contribution in [0, 0.1) is 0 Å². The maximum absolute atomic E-state index is 13.3. The van der Waals surface area contributed by atoms with E-state index in [0.29, 0.717) is 17.1 Å². The molecule has 0 N–H and O–H groups in total. The smallest absolute Gasteiger partial charge is 0.254 e. The lowest BCUT2D eigenvalue weighted by Crippen LogP contribution is -2.26. The van der Waals surface area contributed by atoms with Gasteiger partial charge in [0.05, 0.1) is 16.8 Å². The Morgan fingerprint density at radius 2 is 1.79 bits per heavy atom. The summed E-state index contributed by atoms with van der Waals surface area (Å²) in [6.45, 7) is 0.473. The maximum atomic E-state index is 13.3. The molecule has 4 rings (SSSR count). The van der Waals surface area contributed by atoms with Crippen LogP contribution < -0.4 is 0 Å². The number of amides is 1. The number of hydrogen-bond acceptors (Lipinski definition) is 3. The molecule has 28 heavy (non-hydrogen) atoms. The summed E-state index contributed by atoms with van der Waals surface area (Å²) >= 11 is 6.07. The lowest BCUT2D eigenvalue weighted by Gasteiger charge is -2.19. The number of para-hydroxylation sites is 1. The van der Waals surface area contributed by atoms with E-state index in [-0.39, 0.29) is 5.91 Å². The molecule has 0 atom stereocenters. The molecule has 2 aromatic heterocycles. The van der Waals surface area contributed by atoms with E-state index in [0.717, 1.165) is 27.7 Å². The molecule has 0 aliphatic heterocycles. The minimum Gasteiger partial charge on any atom is -0.337 e. The molecule has 0 aliphatic rings. The van der Waals surface area contributed by atoms with Crippen LogP contribution in [0.4, 0.5) is 0 Å². The van der Waals surface area contributed by atoms with Gasteiger partial charge in [-0.25, -0.2) is 4.98 Å². The second-order valence-electron chi connectivity index (χ2n) is 6.60. The van der Waals surface area contributed by atoms with E-state index in [2.05, 4.69) is 4.98 Å². The van der Waals surface area contributed by atoms with Gasteiger partial charge in [0.2, 0.25) is 0 Å². The van der Waals surface area contributed by atoms with Gasteiger partial charge in [0, 0.05) is 42.0 Å². The van der Waals surface area contributed by atoms with Crippen molar-refractivity contribution >= 4 is 28.4 Å². The van der Waals surface area contributed by atoms with E-state index >= 15 is 0 Å². The maximum Gasteiger partial charge on any atom is 0.254 e. The van der Waals surface area contributed by atoms with Crippen LogP contribution in [0.3, 0.4) is 0 Å². The van der Waals surface area contributed by atoms with Gasteiger partial charge in [-0.3, -0.25) is 9.78 Å². The zero-order valence-corrected chi connectivity index (χ0v) is 16.1. The Balaban J connectivity index is 1.75. The van der Waals surface area contributed by atoms with Gasteiger partial charge >= 0.3 is 0 Å². The first kappa shape index (κ1) is 18.1. The number of fused-ring (bicyclic) bond motifs is 1. The molecule has 0 bridgehead atoms. The molecule has 5 heteroatoms. The predicted molar refractivity (Wildman–Crippen MR) is 112 cm³/mol. The molecule has 0 spiro atoms. The Hall–Kier alpha value is -3.24. The normalized spacial score (nSPS) is 10.8.